The third-order valence-corrected chi connectivity index (χ3v) is 4.11. The predicted molar refractivity (Wildman–Crippen MR) is 100.0 cm³/mol. The zero-order valence-corrected chi connectivity index (χ0v) is 16.0. The molecular formula is C18H23ClN4O3. The van der Waals surface area contributed by atoms with Gasteiger partial charge >= 0.3 is 0 Å². The molecule has 26 heavy (non-hydrogen) atoms. The van der Waals surface area contributed by atoms with Gasteiger partial charge in [-0.2, -0.15) is 0 Å². The molecule has 0 radical (unpaired) electrons. The minimum Gasteiger partial charge on any atom is -0.390 e. The fourth-order valence-corrected chi connectivity index (χ4v) is 2.39. The van der Waals surface area contributed by atoms with Gasteiger partial charge in [0.15, 0.2) is 0 Å². The van der Waals surface area contributed by atoms with E-state index in [1.165, 1.54) is 0 Å². The number of aliphatic hydroxyl groups excluding tert-OH is 1. The number of H-pyrrole nitrogens is 1. The van der Waals surface area contributed by atoms with Gasteiger partial charge in [-0.15, -0.1) is 0 Å². The molecule has 1 aromatic carbocycles. The van der Waals surface area contributed by atoms with Crippen molar-refractivity contribution in [1.82, 2.24) is 15.3 Å². The average Bonchev–Trinajstić information content (AvgIpc) is 2.92. The van der Waals surface area contributed by atoms with Gasteiger partial charge in [0.05, 0.1) is 22.9 Å². The first kappa shape index (κ1) is 19.9. The number of carbonyl (C=O) groups is 2. The highest BCUT2D eigenvalue weighted by Gasteiger charge is 2.21. The zero-order chi connectivity index (χ0) is 19.5. The molecule has 2 aromatic rings. The lowest BCUT2D eigenvalue weighted by Crippen LogP contribution is -2.34. The molecule has 4 N–H and O–H groups in total. The van der Waals surface area contributed by atoms with Crippen LogP contribution in [0.25, 0.3) is 0 Å². The maximum Gasteiger partial charge on any atom is 0.259 e. The van der Waals surface area contributed by atoms with Crippen LogP contribution < -0.4 is 10.6 Å². The highest BCUT2D eigenvalue weighted by atomic mass is 35.5. The van der Waals surface area contributed by atoms with Crippen molar-refractivity contribution in [3.05, 3.63) is 45.7 Å². The normalized spacial score (nSPS) is 11.3. The Morgan fingerprint density at radius 2 is 2.00 bits per heavy atom. The van der Waals surface area contributed by atoms with Gasteiger partial charge in [0.2, 0.25) is 11.9 Å². The SMILES string of the molecule is Cc1[nH]c(NC(=O)c2cc(CNC(=O)C(C)(C)C)ccc2Cl)nc1CO. The van der Waals surface area contributed by atoms with Crippen molar-refractivity contribution in [3.8, 4) is 0 Å². The Labute approximate surface area is 157 Å². The van der Waals surface area contributed by atoms with Crippen LogP contribution in [0.1, 0.15) is 48.1 Å². The maximum atomic E-state index is 12.5. The Morgan fingerprint density at radius 3 is 2.58 bits per heavy atom. The Morgan fingerprint density at radius 1 is 1.31 bits per heavy atom. The second kappa shape index (κ2) is 7.88. The molecular weight excluding hydrogens is 356 g/mol. The number of halogens is 1. The van der Waals surface area contributed by atoms with Crippen LogP contribution in [-0.4, -0.2) is 26.9 Å². The quantitative estimate of drug-likeness (QED) is 0.641. The van der Waals surface area contributed by atoms with Gasteiger partial charge in [-0.25, -0.2) is 4.98 Å². The van der Waals surface area contributed by atoms with Crippen LogP contribution in [0.4, 0.5) is 5.95 Å². The first-order valence-electron chi connectivity index (χ1n) is 8.16. The summed E-state index contributed by atoms with van der Waals surface area (Å²) in [6.07, 6.45) is 0. The molecule has 7 nitrogen and oxygen atoms in total. The molecule has 8 heteroatoms. The highest BCUT2D eigenvalue weighted by molar-refractivity contribution is 6.34. The van der Waals surface area contributed by atoms with Crippen molar-refractivity contribution in [2.45, 2.75) is 40.8 Å². The van der Waals surface area contributed by atoms with Crippen molar-refractivity contribution in [2.24, 2.45) is 5.41 Å². The topological polar surface area (TPSA) is 107 Å². The zero-order valence-electron chi connectivity index (χ0n) is 15.2. The summed E-state index contributed by atoms with van der Waals surface area (Å²) in [6, 6.07) is 4.99. The molecule has 140 valence electrons. The monoisotopic (exact) mass is 378 g/mol. The van der Waals surface area contributed by atoms with Gasteiger partial charge in [-0.3, -0.25) is 14.9 Å². The second-order valence-corrected chi connectivity index (χ2v) is 7.42. The van der Waals surface area contributed by atoms with Crippen molar-refractivity contribution >= 4 is 29.4 Å². The molecule has 0 spiro atoms. The van der Waals surface area contributed by atoms with Gasteiger partial charge in [0.1, 0.15) is 0 Å². The smallest absolute Gasteiger partial charge is 0.259 e. The number of nitrogens with one attached hydrogen (secondary N) is 3. The van der Waals surface area contributed by atoms with Crippen LogP contribution in [0.3, 0.4) is 0 Å². The summed E-state index contributed by atoms with van der Waals surface area (Å²) in [7, 11) is 0. The van der Waals surface area contributed by atoms with Crippen molar-refractivity contribution < 1.29 is 14.7 Å². The molecule has 0 aliphatic rings. The van der Waals surface area contributed by atoms with Crippen LogP contribution in [0.15, 0.2) is 18.2 Å². The van der Waals surface area contributed by atoms with E-state index in [2.05, 4.69) is 20.6 Å². The summed E-state index contributed by atoms with van der Waals surface area (Å²) in [6.45, 7) is 7.31. The van der Waals surface area contributed by atoms with E-state index in [0.717, 1.165) is 5.56 Å². The molecule has 0 atom stereocenters. The van der Waals surface area contributed by atoms with Crippen LogP contribution >= 0.6 is 11.6 Å². The molecule has 2 rings (SSSR count). The van der Waals surface area contributed by atoms with Crippen LogP contribution in [-0.2, 0) is 17.9 Å². The number of aliphatic hydroxyl groups is 1. The number of aromatic nitrogens is 2. The van der Waals surface area contributed by atoms with E-state index in [1.54, 1.807) is 25.1 Å². The van der Waals surface area contributed by atoms with E-state index in [4.69, 9.17) is 11.6 Å². The van der Waals surface area contributed by atoms with E-state index in [-0.39, 0.29) is 24.0 Å². The standard InChI is InChI=1S/C18H23ClN4O3/c1-10-14(9-24)22-17(21-10)23-15(25)12-7-11(5-6-13(12)19)8-20-16(26)18(2,3)4/h5-7,24H,8-9H2,1-4H3,(H,20,26)(H2,21,22,23,25). The lowest BCUT2D eigenvalue weighted by Gasteiger charge is -2.18. The number of nitrogens with zero attached hydrogens (tertiary/aromatic N) is 1. The Hall–Kier alpha value is -2.38. The Balaban J connectivity index is 2.12. The van der Waals surface area contributed by atoms with Crippen molar-refractivity contribution in [2.75, 3.05) is 5.32 Å². The first-order valence-corrected chi connectivity index (χ1v) is 8.54. The lowest BCUT2D eigenvalue weighted by molar-refractivity contribution is -0.128. The summed E-state index contributed by atoms with van der Waals surface area (Å²) >= 11 is 6.14. The number of anilines is 1. The van der Waals surface area contributed by atoms with Gasteiger partial charge in [0.25, 0.3) is 5.91 Å². The minimum absolute atomic E-state index is 0.0824. The number of imidazole rings is 1. The molecule has 0 saturated carbocycles. The molecule has 0 bridgehead atoms. The predicted octanol–water partition coefficient (Wildman–Crippen LogP) is 2.78. The minimum atomic E-state index is -0.492. The number of hydrogen-bond donors (Lipinski definition) is 4. The molecule has 0 aliphatic heterocycles. The lowest BCUT2D eigenvalue weighted by atomic mass is 9.95. The Kier molecular flexibility index (Phi) is 6.05. The summed E-state index contributed by atoms with van der Waals surface area (Å²) in [4.78, 5) is 31.4. The number of aromatic amines is 1. The molecule has 1 aromatic heterocycles. The van der Waals surface area contributed by atoms with E-state index >= 15 is 0 Å². The first-order chi connectivity index (χ1) is 12.1. The van der Waals surface area contributed by atoms with Crippen LogP contribution in [0.5, 0.6) is 0 Å². The molecule has 1 heterocycles. The Bertz CT molecular complexity index is 824. The highest BCUT2D eigenvalue weighted by Crippen LogP contribution is 2.20. The van der Waals surface area contributed by atoms with Crippen molar-refractivity contribution in [3.63, 3.8) is 0 Å². The van der Waals surface area contributed by atoms with Crippen LogP contribution in [0.2, 0.25) is 5.02 Å². The molecule has 2 amide bonds. The third-order valence-electron chi connectivity index (χ3n) is 3.78. The van der Waals surface area contributed by atoms with Gasteiger partial charge in [0, 0.05) is 17.7 Å². The fourth-order valence-electron chi connectivity index (χ4n) is 2.19. The third kappa shape index (κ3) is 4.83. The maximum absolute atomic E-state index is 12.5. The molecule has 0 unspecified atom stereocenters. The van der Waals surface area contributed by atoms with Crippen molar-refractivity contribution in [1.29, 1.82) is 0 Å². The number of rotatable bonds is 5. The molecule has 0 aliphatic carbocycles. The summed E-state index contributed by atoms with van der Waals surface area (Å²) in [5.74, 6) is -0.280. The fraction of sp³-hybridized carbons (Fsp3) is 0.389. The number of benzene rings is 1. The second-order valence-electron chi connectivity index (χ2n) is 7.02. The van der Waals surface area contributed by atoms with E-state index in [0.29, 0.717) is 23.0 Å². The summed E-state index contributed by atoms with van der Waals surface area (Å²) in [5, 5.41) is 14.9. The van der Waals surface area contributed by atoms with E-state index in [1.807, 2.05) is 20.8 Å². The van der Waals surface area contributed by atoms with Gasteiger partial charge < -0.3 is 15.4 Å². The van der Waals surface area contributed by atoms with E-state index < -0.39 is 11.3 Å². The number of amides is 2. The van der Waals surface area contributed by atoms with E-state index in [9.17, 15) is 14.7 Å². The number of aryl methyl sites for hydroxylation is 1. The average molecular weight is 379 g/mol. The van der Waals surface area contributed by atoms with Gasteiger partial charge in [-0.1, -0.05) is 38.4 Å². The largest absolute Gasteiger partial charge is 0.390 e. The molecule has 0 saturated heterocycles. The number of carbonyl (C=O) groups excluding carboxylic acids is 2. The summed E-state index contributed by atoms with van der Waals surface area (Å²) < 4.78 is 0. The molecule has 0 fully saturated rings. The van der Waals surface area contributed by atoms with Gasteiger partial charge in [-0.05, 0) is 24.6 Å². The van der Waals surface area contributed by atoms with Crippen LogP contribution in [0, 0.1) is 12.3 Å². The number of hydrogen-bond acceptors (Lipinski definition) is 4. The summed E-state index contributed by atoms with van der Waals surface area (Å²) in [5.41, 5.74) is 1.67.